The maximum absolute atomic E-state index is 13.9. The van der Waals surface area contributed by atoms with E-state index >= 15 is 0 Å². The van der Waals surface area contributed by atoms with Crippen molar-refractivity contribution >= 4 is 33.4 Å². The van der Waals surface area contributed by atoms with E-state index in [1.54, 1.807) is 34.6 Å². The smallest absolute Gasteiger partial charge is 0.394 e. The van der Waals surface area contributed by atoms with E-state index in [9.17, 15) is 84.4 Å². The molecule has 3 amide bonds. The first kappa shape index (κ1) is 71.0. The summed E-state index contributed by atoms with van der Waals surface area (Å²) in [5.74, 6) is -3.33. The third-order valence-electron chi connectivity index (χ3n) is 16.2. The summed E-state index contributed by atoms with van der Waals surface area (Å²) in [5, 5.41) is 101. The average Bonchev–Trinajstić information content (AvgIpc) is 4.32. The van der Waals surface area contributed by atoms with Crippen LogP contribution in [-0.2, 0) is 74.8 Å². The molecule has 0 aromatic carbocycles. The summed E-state index contributed by atoms with van der Waals surface area (Å²) < 4.78 is 89.2. The van der Waals surface area contributed by atoms with Crippen LogP contribution in [0, 0.1) is 17.8 Å². The Kier molecular flexibility index (Phi) is 27.6. The highest BCUT2D eigenvalue weighted by Gasteiger charge is 2.48. The fourth-order valence-electron chi connectivity index (χ4n) is 11.2. The molecule has 6 aliphatic heterocycles. The first-order valence-electron chi connectivity index (χ1n) is 28.9. The minimum absolute atomic E-state index is 0.00591. The van der Waals surface area contributed by atoms with Gasteiger partial charge in [-0.2, -0.15) is 0 Å². The van der Waals surface area contributed by atoms with Crippen molar-refractivity contribution in [3.8, 4) is 0 Å². The number of carbonyl (C=O) groups is 3. The molecule has 6 aliphatic rings. The quantitative estimate of drug-likeness (QED) is 0.0246. The molecule has 6 fully saturated rings. The molecule has 33 heteroatoms. The molecule has 488 valence electrons. The molecule has 0 aromatic heterocycles. The molecule has 12 N–H and O–H groups in total. The van der Waals surface area contributed by atoms with Crippen LogP contribution in [0.25, 0.3) is 0 Å². The van der Waals surface area contributed by atoms with Crippen LogP contribution in [-0.4, -0.2) is 289 Å². The lowest BCUT2D eigenvalue weighted by Crippen LogP contribution is -2.55. The number of β-amino-alcohol motifs (C(OH)–C–C–N with tert-alkyl or cyclic N) is 1. The van der Waals surface area contributed by atoms with Gasteiger partial charge in [0.1, 0.15) is 36.6 Å². The number of phosphoric acid groups is 2. The second-order valence-corrected chi connectivity index (χ2v) is 25.8. The van der Waals surface area contributed by atoms with E-state index in [1.807, 2.05) is 0 Å². The number of phosphoric ester groups is 2. The van der Waals surface area contributed by atoms with Gasteiger partial charge < -0.3 is 109 Å². The highest BCUT2D eigenvalue weighted by atomic mass is 31.2. The van der Waals surface area contributed by atoms with Gasteiger partial charge in [-0.05, 0) is 52.4 Å². The summed E-state index contributed by atoms with van der Waals surface area (Å²) in [6, 6.07) is -2.49. The minimum Gasteiger partial charge on any atom is -0.394 e. The van der Waals surface area contributed by atoms with Crippen molar-refractivity contribution in [2.24, 2.45) is 17.8 Å². The summed E-state index contributed by atoms with van der Waals surface area (Å²) in [7, 11) is -9.99. The Morgan fingerprint density at radius 1 is 0.500 bits per heavy atom. The number of aliphatic hydroxyl groups is 10. The second kappa shape index (κ2) is 32.6. The summed E-state index contributed by atoms with van der Waals surface area (Å²) in [5.41, 5.74) is 0. The Bertz CT molecular complexity index is 2160. The van der Waals surface area contributed by atoms with Crippen LogP contribution >= 0.6 is 15.6 Å². The SMILES string of the molecule is CC(C)OC[C@@H]1C[C@@H](OP(=O)(O)OC[C@@H]2C[C@@H](OP(=O)(O)OC[C@@H]3C[C@@H](O)CN3C(=O)CCCO[C@@H]3OC(CO)[C@H](O)[C@H](O)C3C)CN2C(=O)CCCO[C@@H]2OC(CO)[C@H](O)[C@H](O)C2C)CN1C(=O)CCCO[C@@H]1OC(CO)[C@H](O)[C@H](O)C1C. The molecule has 84 heavy (non-hydrogen) atoms. The highest BCUT2D eigenvalue weighted by Crippen LogP contribution is 2.50. The topological polar surface area (TPSA) is 439 Å². The van der Waals surface area contributed by atoms with Gasteiger partial charge in [0, 0.05) is 56.7 Å². The summed E-state index contributed by atoms with van der Waals surface area (Å²) in [4.78, 5) is 67.1. The number of amides is 3. The average molecular weight is 1260 g/mol. The Balaban J connectivity index is 1.03. The van der Waals surface area contributed by atoms with E-state index in [4.69, 9.17) is 51.3 Å². The molecular formula is C51H91N3O28P2. The molecule has 6 saturated heterocycles. The molecule has 0 aromatic rings. The Morgan fingerprint density at radius 3 is 1.15 bits per heavy atom. The second-order valence-electron chi connectivity index (χ2n) is 22.9. The van der Waals surface area contributed by atoms with E-state index in [1.165, 1.54) is 14.7 Å². The first-order valence-corrected chi connectivity index (χ1v) is 31.9. The molecule has 0 saturated carbocycles. The van der Waals surface area contributed by atoms with Crippen LogP contribution in [0.5, 0.6) is 0 Å². The lowest BCUT2D eigenvalue weighted by atomic mass is 9.92. The lowest BCUT2D eigenvalue weighted by molar-refractivity contribution is -0.282. The summed E-state index contributed by atoms with van der Waals surface area (Å²) >= 11 is 0. The minimum atomic E-state index is -5.00. The van der Waals surface area contributed by atoms with Gasteiger partial charge in [-0.1, -0.05) is 20.8 Å². The van der Waals surface area contributed by atoms with Crippen molar-refractivity contribution in [2.45, 2.75) is 209 Å². The molecule has 6 rings (SSSR count). The van der Waals surface area contributed by atoms with E-state index in [0.717, 1.165) is 0 Å². The summed E-state index contributed by atoms with van der Waals surface area (Å²) in [6.07, 6.45) is -17.4. The maximum Gasteiger partial charge on any atom is 0.472 e. The third-order valence-corrected chi connectivity index (χ3v) is 18.2. The van der Waals surface area contributed by atoms with Crippen molar-refractivity contribution < 1.29 is 136 Å². The van der Waals surface area contributed by atoms with Gasteiger partial charge in [0.2, 0.25) is 17.7 Å². The van der Waals surface area contributed by atoms with Crippen molar-refractivity contribution in [3.63, 3.8) is 0 Å². The number of carbonyl (C=O) groups excluding carboxylic acids is 3. The van der Waals surface area contributed by atoms with Gasteiger partial charge in [0.15, 0.2) is 18.9 Å². The number of hydrogen-bond donors (Lipinski definition) is 12. The molecule has 0 spiro atoms. The zero-order valence-electron chi connectivity index (χ0n) is 48.2. The number of nitrogens with zero attached hydrogens (tertiary/aromatic N) is 3. The van der Waals surface area contributed by atoms with Gasteiger partial charge in [-0.15, -0.1) is 0 Å². The fourth-order valence-corrected chi connectivity index (χ4v) is 13.1. The lowest BCUT2D eigenvalue weighted by Gasteiger charge is -2.40. The van der Waals surface area contributed by atoms with E-state index in [-0.39, 0.29) is 116 Å². The van der Waals surface area contributed by atoms with Crippen molar-refractivity contribution in [1.82, 2.24) is 14.7 Å². The highest BCUT2D eigenvalue weighted by molar-refractivity contribution is 7.47. The van der Waals surface area contributed by atoms with Crippen molar-refractivity contribution in [3.05, 3.63) is 0 Å². The van der Waals surface area contributed by atoms with Crippen LogP contribution in [0.4, 0.5) is 0 Å². The zero-order chi connectivity index (χ0) is 61.8. The largest absolute Gasteiger partial charge is 0.472 e. The molecular weight excluding hydrogens is 1160 g/mol. The van der Waals surface area contributed by atoms with E-state index in [0.29, 0.717) is 0 Å². The fraction of sp³-hybridized carbons (Fsp3) is 0.941. The predicted molar refractivity (Wildman–Crippen MR) is 285 cm³/mol. The number of aliphatic hydroxyl groups excluding tert-OH is 10. The predicted octanol–water partition coefficient (Wildman–Crippen LogP) is -2.80. The van der Waals surface area contributed by atoms with E-state index in [2.05, 4.69) is 0 Å². The van der Waals surface area contributed by atoms with E-state index < -0.39 is 188 Å². The van der Waals surface area contributed by atoms with Crippen LogP contribution in [0.1, 0.15) is 92.4 Å². The number of ether oxygens (including phenoxy) is 7. The van der Waals surface area contributed by atoms with Crippen LogP contribution in [0.3, 0.4) is 0 Å². The molecule has 6 heterocycles. The Hall–Kier alpha value is -2.05. The number of hydrogen-bond acceptors (Lipinski definition) is 26. The molecule has 0 bridgehead atoms. The normalized spacial score (nSPS) is 38.1. The van der Waals surface area contributed by atoms with Crippen LogP contribution in [0.2, 0.25) is 0 Å². The number of rotatable bonds is 31. The van der Waals surface area contributed by atoms with Crippen molar-refractivity contribution in [1.29, 1.82) is 0 Å². The van der Waals surface area contributed by atoms with Crippen molar-refractivity contribution in [2.75, 3.05) is 79.1 Å². The third kappa shape index (κ3) is 19.5. The van der Waals surface area contributed by atoms with Gasteiger partial charge >= 0.3 is 15.6 Å². The van der Waals surface area contributed by atoms with Crippen LogP contribution in [0.15, 0.2) is 0 Å². The zero-order valence-corrected chi connectivity index (χ0v) is 50.0. The maximum atomic E-state index is 13.9. The molecule has 0 aliphatic carbocycles. The van der Waals surface area contributed by atoms with Gasteiger partial charge in [-0.3, -0.25) is 32.5 Å². The first-order chi connectivity index (χ1) is 39.7. The molecule has 31 nitrogen and oxygen atoms in total. The van der Waals surface area contributed by atoms with Gasteiger partial charge in [0.25, 0.3) is 0 Å². The molecule has 0 radical (unpaired) electrons. The Labute approximate surface area is 488 Å². The van der Waals surface area contributed by atoms with Gasteiger partial charge in [-0.25, -0.2) is 9.13 Å². The molecule has 23 atom stereocenters. The monoisotopic (exact) mass is 1260 g/mol. The standard InChI is InChI=1S/C51H91N3O28P2/c1-27(2)75-24-32-16-35(19-53(32)41(60)10-7-13-73-50-29(4)44(63)47(66)38(22-56)79-50)81-84(70,71)77-26-33-17-36(20-54(33)42(61)11-8-14-74-51-30(5)45(64)48(67)39(23-57)80-51)82-83(68,69)76-25-31-15-34(58)18-52(31)40(59)9-6-12-72-49-28(3)43(62)46(65)37(21-55)78-49/h27-39,43-51,55-58,62-67H,6-26H2,1-5H3,(H,68,69)(H,70,71)/t28?,29?,30?,31-,32-,33-,34+,35+,36+,37?,38?,39?,43+,44+,45+,46-,47-,48-,49+,50+,51+/m0/s1. The molecule has 8 unspecified atom stereocenters. The Morgan fingerprint density at radius 2 is 0.821 bits per heavy atom. The van der Waals surface area contributed by atoms with Gasteiger partial charge in [0.05, 0.1) is 120 Å². The number of likely N-dealkylation sites (tertiary alicyclic amines) is 3. The summed E-state index contributed by atoms with van der Waals surface area (Å²) in [6.45, 7) is 4.92. The van der Waals surface area contributed by atoms with Crippen LogP contribution < -0.4 is 0 Å².